The van der Waals surface area contributed by atoms with Gasteiger partial charge in [0.05, 0.1) is 0 Å². The summed E-state index contributed by atoms with van der Waals surface area (Å²) in [6.45, 7) is 0. The smallest absolute Gasteiger partial charge is 0.332 e. The van der Waals surface area contributed by atoms with Crippen molar-refractivity contribution < 1.29 is 18.6 Å². The largest absolute Gasteiger partial charge is 0.459 e. The Hall–Kier alpha value is 0.327. The van der Waals surface area contributed by atoms with Gasteiger partial charge in [-0.05, 0) is 0 Å². The first kappa shape index (κ1) is 6.33. The second-order valence-electron chi connectivity index (χ2n) is 0.582. The van der Waals surface area contributed by atoms with Gasteiger partial charge in [0.15, 0.2) is 0 Å². The highest BCUT2D eigenvalue weighted by Crippen LogP contribution is 2.33. The molecule has 0 amide bonds. The van der Waals surface area contributed by atoms with Crippen molar-refractivity contribution in [3.63, 3.8) is 0 Å². The third-order valence-electron chi connectivity index (χ3n) is 0.119. The third-order valence-corrected chi connectivity index (χ3v) is 1.07. The van der Waals surface area contributed by atoms with Crippen LogP contribution in [-0.4, -0.2) is 20.3 Å². The van der Waals surface area contributed by atoms with Gasteiger partial charge in [-0.2, -0.15) is 0 Å². The Labute approximate surface area is 37.9 Å². The molecule has 0 aliphatic carbocycles. The molecule has 0 bridgehead atoms. The maximum atomic E-state index is 9.42. The first-order chi connectivity index (χ1) is 2.56. The quantitative estimate of drug-likeness (QED) is 0.355. The number of hydrogen-bond donors (Lipinski definition) is 2. The highest BCUT2D eigenvalue weighted by atomic mass is 31.2. The monoisotopic (exact) mass is 125 g/mol. The summed E-state index contributed by atoms with van der Waals surface area (Å²) in [6, 6.07) is 0. The number of rotatable bonds is 1. The molecule has 35 valence electrons. The van der Waals surface area contributed by atoms with Crippen LogP contribution in [0.1, 0.15) is 0 Å². The van der Waals surface area contributed by atoms with E-state index in [-0.39, 0.29) is 0 Å². The minimum atomic E-state index is -4.23. The first-order valence-corrected chi connectivity index (χ1v) is 2.91. The Balaban J connectivity index is 3.48. The van der Waals surface area contributed by atoms with Crippen LogP contribution in [0.4, 0.5) is 0 Å². The van der Waals surface area contributed by atoms with Crippen LogP contribution in [0.25, 0.3) is 0 Å². The van der Waals surface area contributed by atoms with Crippen LogP contribution < -0.4 is 0 Å². The molecule has 0 aromatic heterocycles. The highest BCUT2D eigenvalue weighted by Gasteiger charge is 2.07. The summed E-state index contributed by atoms with van der Waals surface area (Å²) in [5.41, 5.74) is 0. The van der Waals surface area contributed by atoms with E-state index in [1.807, 2.05) is 0 Å². The Kier molecular flexibility index (Phi) is 1.96. The van der Waals surface area contributed by atoms with Crippen molar-refractivity contribution in [2.24, 2.45) is 0 Å². The summed E-state index contributed by atoms with van der Waals surface area (Å²) in [4.78, 5) is 15.3. The van der Waals surface area contributed by atoms with Crippen molar-refractivity contribution >= 4 is 18.3 Å². The van der Waals surface area contributed by atoms with Crippen molar-refractivity contribution in [3.05, 3.63) is 0 Å². The van der Waals surface area contributed by atoms with Gasteiger partial charge in [0.2, 0.25) is 0 Å². The molecule has 0 rings (SSSR count). The zero-order valence-corrected chi connectivity index (χ0v) is 4.55. The molecule has 3 radical (unpaired) electrons. The second kappa shape index (κ2) is 1.86. The number of hydrogen-bond acceptors (Lipinski definition) is 2. The molecule has 0 saturated heterocycles. The van der Waals surface area contributed by atoms with Gasteiger partial charge in [0.1, 0.15) is 0 Å². The van der Waals surface area contributed by atoms with Crippen LogP contribution in [-0.2, 0) is 8.78 Å². The van der Waals surface area contributed by atoms with Gasteiger partial charge >= 0.3 is 7.82 Å². The molecule has 0 saturated carbocycles. The molecule has 0 unspecified atom stereocenters. The van der Waals surface area contributed by atoms with E-state index in [1.165, 1.54) is 0 Å². The highest BCUT2D eigenvalue weighted by molar-refractivity contribution is 7.47. The van der Waals surface area contributed by atoms with Gasteiger partial charge in [-0.1, -0.05) is 0 Å². The Morgan fingerprint density at radius 2 is 1.83 bits per heavy atom. The minimum absolute atomic E-state index is 2.15. The van der Waals surface area contributed by atoms with Gasteiger partial charge < -0.3 is 14.0 Å². The van der Waals surface area contributed by atoms with Crippen LogP contribution >= 0.6 is 7.82 Å². The molecule has 0 aliphatic rings. The summed E-state index contributed by atoms with van der Waals surface area (Å²) in [5, 5.41) is 0. The van der Waals surface area contributed by atoms with Gasteiger partial charge in [-0.15, -0.1) is 0 Å². The van der Waals surface area contributed by atoms with E-state index in [2.05, 4.69) is 14.7 Å². The fourth-order valence-electron chi connectivity index (χ4n) is 0. The lowest BCUT2D eigenvalue weighted by Gasteiger charge is -1.93. The van der Waals surface area contributed by atoms with E-state index in [1.54, 1.807) is 0 Å². The summed E-state index contributed by atoms with van der Waals surface area (Å²) in [5.74, 6) is 0. The molecule has 0 aromatic rings. The predicted octanol–water partition coefficient (Wildman–Crippen LogP) is -0.821. The average molecular weight is 125 g/mol. The maximum Gasteiger partial charge on any atom is 0.459 e. The van der Waals surface area contributed by atoms with E-state index in [0.29, 0.717) is 0 Å². The van der Waals surface area contributed by atoms with Crippen molar-refractivity contribution in [2.75, 3.05) is 0 Å². The van der Waals surface area contributed by atoms with E-state index in [4.69, 9.17) is 9.79 Å². The molecule has 0 spiro atoms. The second-order valence-corrected chi connectivity index (χ2v) is 2.29. The molecular weight excluding hydrogens is 123 g/mol. The van der Waals surface area contributed by atoms with Crippen LogP contribution in [0.2, 0.25) is 0 Å². The van der Waals surface area contributed by atoms with Crippen LogP contribution in [0.15, 0.2) is 0 Å². The van der Waals surface area contributed by atoms with Crippen molar-refractivity contribution in [1.29, 1.82) is 0 Å². The topological polar surface area (TPSA) is 66.8 Å². The standard InChI is InChI=1S/H2O4PSi/c1-5(2,3)4-6/h(H2,1,2,3). The first-order valence-electron chi connectivity index (χ1n) is 0.969. The average Bonchev–Trinajstić information content (AvgIpc) is 1.35. The lowest BCUT2D eigenvalue weighted by molar-refractivity contribution is 0.292. The molecular formula is H2O4PSi. The van der Waals surface area contributed by atoms with Gasteiger partial charge in [-0.3, -0.25) is 0 Å². The van der Waals surface area contributed by atoms with E-state index < -0.39 is 7.82 Å². The molecule has 2 N–H and O–H groups in total. The SMILES string of the molecule is O=P(O)(O)O[Si]. The molecule has 0 aliphatic heterocycles. The fraction of sp³-hybridized carbons (Fsp3) is 0. The molecule has 4 nitrogen and oxygen atoms in total. The molecule has 6 heavy (non-hydrogen) atoms. The van der Waals surface area contributed by atoms with E-state index >= 15 is 0 Å². The Morgan fingerprint density at radius 3 is 1.83 bits per heavy atom. The molecule has 0 aromatic carbocycles. The molecule has 6 heteroatoms. The van der Waals surface area contributed by atoms with Crippen LogP contribution in [0.5, 0.6) is 0 Å². The van der Waals surface area contributed by atoms with Gasteiger partial charge in [-0.25, -0.2) is 4.57 Å². The van der Waals surface area contributed by atoms with Crippen LogP contribution in [0.3, 0.4) is 0 Å². The summed E-state index contributed by atoms with van der Waals surface area (Å²) < 4.78 is 12.8. The minimum Gasteiger partial charge on any atom is -0.332 e. The van der Waals surface area contributed by atoms with E-state index in [0.717, 1.165) is 0 Å². The van der Waals surface area contributed by atoms with Gasteiger partial charge in [0.25, 0.3) is 10.5 Å². The van der Waals surface area contributed by atoms with Crippen molar-refractivity contribution in [1.82, 2.24) is 0 Å². The summed E-state index contributed by atoms with van der Waals surface area (Å²) in [6.07, 6.45) is 0. The third kappa shape index (κ3) is 4.33. The zero-order valence-electron chi connectivity index (χ0n) is 2.66. The maximum absolute atomic E-state index is 9.42. The Morgan fingerprint density at radius 1 is 1.67 bits per heavy atom. The fourth-order valence-corrected chi connectivity index (χ4v) is 0. The zero-order chi connectivity index (χ0) is 5.21. The van der Waals surface area contributed by atoms with Crippen LogP contribution in [0, 0.1) is 0 Å². The van der Waals surface area contributed by atoms with E-state index in [9.17, 15) is 4.57 Å². The lowest BCUT2D eigenvalue weighted by atomic mass is 15.7. The number of phosphoric acid groups is 1. The Bertz CT molecular complexity index is 71.6. The summed E-state index contributed by atoms with van der Waals surface area (Å²) in [7, 11) is -2.08. The van der Waals surface area contributed by atoms with Gasteiger partial charge in [0, 0.05) is 0 Å². The van der Waals surface area contributed by atoms with Crippen molar-refractivity contribution in [3.8, 4) is 0 Å². The predicted molar refractivity (Wildman–Crippen MR) is 18.9 cm³/mol. The molecule has 0 fully saturated rings. The molecule has 0 heterocycles. The van der Waals surface area contributed by atoms with Crippen molar-refractivity contribution in [2.45, 2.75) is 0 Å². The normalized spacial score (nSPS) is 11.8. The lowest BCUT2D eigenvalue weighted by Crippen LogP contribution is -1.78. The molecule has 0 atom stereocenters. The summed E-state index contributed by atoms with van der Waals surface area (Å²) >= 11 is 0.